The molecule has 1 heterocycles. The number of benzene rings is 1. The Morgan fingerprint density at radius 1 is 1.21 bits per heavy atom. The van der Waals surface area contributed by atoms with Crippen molar-refractivity contribution in [2.24, 2.45) is 5.41 Å². The minimum absolute atomic E-state index is 0.00652. The van der Waals surface area contributed by atoms with E-state index in [2.05, 4.69) is 0 Å². The molecule has 1 amide bonds. The molecule has 0 unspecified atom stereocenters. The maximum atomic E-state index is 12.5. The summed E-state index contributed by atoms with van der Waals surface area (Å²) in [6, 6.07) is 7.84. The van der Waals surface area contributed by atoms with E-state index in [1.165, 1.54) is 4.90 Å². The molecule has 1 N–H and O–H groups in total. The van der Waals surface area contributed by atoms with E-state index in [1.54, 1.807) is 0 Å². The zero-order valence-corrected chi connectivity index (χ0v) is 15.1. The van der Waals surface area contributed by atoms with Crippen LogP contribution in [0.3, 0.4) is 0 Å². The lowest BCUT2D eigenvalue weighted by atomic mass is 9.66. The lowest BCUT2D eigenvalue weighted by molar-refractivity contribution is -0.159. The normalized spacial score (nSPS) is 20.5. The maximum absolute atomic E-state index is 12.5. The van der Waals surface area contributed by atoms with Crippen LogP contribution in [-0.2, 0) is 9.59 Å². The molecule has 0 spiro atoms. The molecule has 24 heavy (non-hydrogen) atoms. The standard InChI is InChI=1S/C18H22ClNO3S/c19-13-2-4-14(5-3-13)24-15-6-10-20(11-7-15)16(21)12-18(17(22)23)8-1-9-18/h2-5,15H,1,6-12H2,(H,22,23). The molecular formula is C18H22ClNO3S. The molecule has 3 rings (SSSR count). The zero-order chi connectivity index (χ0) is 17.2. The first-order valence-corrected chi connectivity index (χ1v) is 9.68. The Morgan fingerprint density at radius 3 is 2.33 bits per heavy atom. The van der Waals surface area contributed by atoms with Gasteiger partial charge in [-0.3, -0.25) is 9.59 Å². The van der Waals surface area contributed by atoms with Crippen molar-refractivity contribution in [3.63, 3.8) is 0 Å². The maximum Gasteiger partial charge on any atom is 0.310 e. The molecule has 4 nitrogen and oxygen atoms in total. The number of amides is 1. The molecule has 0 aromatic heterocycles. The molecule has 1 aliphatic carbocycles. The fourth-order valence-electron chi connectivity index (χ4n) is 3.40. The number of hydrogen-bond acceptors (Lipinski definition) is 3. The summed E-state index contributed by atoms with van der Waals surface area (Å²) in [5.41, 5.74) is -0.786. The highest BCUT2D eigenvalue weighted by Gasteiger charge is 2.46. The van der Waals surface area contributed by atoms with E-state index < -0.39 is 11.4 Å². The third-order valence-corrected chi connectivity index (χ3v) is 6.77. The van der Waals surface area contributed by atoms with Gasteiger partial charge in [-0.05, 0) is 49.9 Å². The van der Waals surface area contributed by atoms with Crippen LogP contribution in [0.5, 0.6) is 0 Å². The van der Waals surface area contributed by atoms with Gasteiger partial charge >= 0.3 is 5.97 Å². The molecule has 6 heteroatoms. The number of carbonyl (C=O) groups is 2. The van der Waals surface area contributed by atoms with Crippen LogP contribution in [0, 0.1) is 5.41 Å². The molecule has 1 aliphatic heterocycles. The van der Waals surface area contributed by atoms with Gasteiger partial charge in [0.25, 0.3) is 0 Å². The number of thioether (sulfide) groups is 1. The van der Waals surface area contributed by atoms with Crippen molar-refractivity contribution in [3.05, 3.63) is 29.3 Å². The average Bonchev–Trinajstić information content (AvgIpc) is 2.53. The van der Waals surface area contributed by atoms with E-state index in [9.17, 15) is 14.7 Å². The van der Waals surface area contributed by atoms with Gasteiger partial charge in [-0.25, -0.2) is 0 Å². The monoisotopic (exact) mass is 367 g/mol. The van der Waals surface area contributed by atoms with Gasteiger partial charge in [-0.1, -0.05) is 18.0 Å². The Bertz CT molecular complexity index is 607. The number of likely N-dealkylation sites (tertiary alicyclic amines) is 1. The fourth-order valence-corrected chi connectivity index (χ4v) is 4.65. The predicted octanol–water partition coefficient (Wildman–Crippen LogP) is 4.07. The predicted molar refractivity (Wildman–Crippen MR) is 95.4 cm³/mol. The van der Waals surface area contributed by atoms with Gasteiger partial charge in [0.15, 0.2) is 0 Å². The fraction of sp³-hybridized carbons (Fsp3) is 0.556. The quantitative estimate of drug-likeness (QED) is 0.852. The summed E-state index contributed by atoms with van der Waals surface area (Å²) in [5.74, 6) is -0.803. The van der Waals surface area contributed by atoms with Crippen LogP contribution >= 0.6 is 23.4 Å². The molecule has 1 saturated heterocycles. The van der Waals surface area contributed by atoms with Crippen LogP contribution in [0.15, 0.2) is 29.2 Å². The summed E-state index contributed by atoms with van der Waals surface area (Å²) in [5, 5.41) is 10.6. The number of halogens is 1. The summed E-state index contributed by atoms with van der Waals surface area (Å²) >= 11 is 7.73. The molecule has 130 valence electrons. The molecule has 2 fully saturated rings. The highest BCUT2D eigenvalue weighted by Crippen LogP contribution is 2.44. The number of hydrogen-bond donors (Lipinski definition) is 1. The van der Waals surface area contributed by atoms with E-state index in [0.717, 1.165) is 37.4 Å². The Hall–Kier alpha value is -1.20. The number of carboxylic acid groups (broad SMARTS) is 1. The Balaban J connectivity index is 1.48. The average molecular weight is 368 g/mol. The van der Waals surface area contributed by atoms with E-state index in [0.29, 0.717) is 18.1 Å². The van der Waals surface area contributed by atoms with Gasteiger partial charge in [0.2, 0.25) is 5.91 Å². The summed E-state index contributed by atoms with van der Waals surface area (Å²) in [4.78, 5) is 26.9. The van der Waals surface area contributed by atoms with Crippen molar-refractivity contribution >= 4 is 35.2 Å². The topological polar surface area (TPSA) is 57.6 Å². The minimum Gasteiger partial charge on any atom is -0.481 e. The molecule has 1 aromatic carbocycles. The molecule has 2 aliphatic rings. The first kappa shape index (κ1) is 17.6. The Morgan fingerprint density at radius 2 is 1.83 bits per heavy atom. The first-order valence-electron chi connectivity index (χ1n) is 8.42. The lowest BCUT2D eigenvalue weighted by Gasteiger charge is -2.39. The molecule has 0 atom stereocenters. The third kappa shape index (κ3) is 3.89. The molecule has 1 saturated carbocycles. The minimum atomic E-state index is -0.810. The van der Waals surface area contributed by atoms with Gasteiger partial charge in [0, 0.05) is 34.7 Å². The van der Waals surface area contributed by atoms with Crippen molar-refractivity contribution in [2.75, 3.05) is 13.1 Å². The third-order valence-electron chi connectivity index (χ3n) is 5.17. The molecule has 0 bridgehead atoms. The van der Waals surface area contributed by atoms with Crippen LogP contribution in [0.2, 0.25) is 5.02 Å². The van der Waals surface area contributed by atoms with Gasteiger partial charge in [-0.15, -0.1) is 11.8 Å². The second-order valence-corrected chi connectivity index (χ2v) is 8.58. The van der Waals surface area contributed by atoms with Gasteiger partial charge in [0.1, 0.15) is 0 Å². The second kappa shape index (κ2) is 7.36. The summed E-state index contributed by atoms with van der Waals surface area (Å²) in [7, 11) is 0. The van der Waals surface area contributed by atoms with Crippen molar-refractivity contribution < 1.29 is 14.7 Å². The molecule has 0 radical (unpaired) electrons. The summed E-state index contributed by atoms with van der Waals surface area (Å²) in [6.45, 7) is 1.44. The van der Waals surface area contributed by atoms with Crippen LogP contribution in [0.4, 0.5) is 0 Å². The van der Waals surface area contributed by atoms with Crippen molar-refractivity contribution in [1.29, 1.82) is 0 Å². The van der Waals surface area contributed by atoms with E-state index >= 15 is 0 Å². The lowest BCUT2D eigenvalue weighted by Crippen LogP contribution is -2.46. The highest BCUT2D eigenvalue weighted by molar-refractivity contribution is 8.00. The van der Waals surface area contributed by atoms with Crippen molar-refractivity contribution in [3.8, 4) is 0 Å². The highest BCUT2D eigenvalue weighted by atomic mass is 35.5. The number of rotatable bonds is 5. The van der Waals surface area contributed by atoms with Crippen LogP contribution in [0.1, 0.15) is 38.5 Å². The molecular weight excluding hydrogens is 346 g/mol. The summed E-state index contributed by atoms with van der Waals surface area (Å²) < 4.78 is 0. The van der Waals surface area contributed by atoms with E-state index in [1.807, 2.05) is 40.9 Å². The largest absolute Gasteiger partial charge is 0.481 e. The zero-order valence-electron chi connectivity index (χ0n) is 13.5. The SMILES string of the molecule is O=C(CC1(C(=O)O)CCC1)N1CCC(Sc2ccc(Cl)cc2)CC1. The van der Waals surface area contributed by atoms with Gasteiger partial charge in [-0.2, -0.15) is 0 Å². The number of carbonyl (C=O) groups excluding carboxylic acids is 1. The smallest absolute Gasteiger partial charge is 0.310 e. The first-order chi connectivity index (χ1) is 11.5. The number of aliphatic carboxylic acids is 1. The van der Waals surface area contributed by atoms with Crippen molar-refractivity contribution in [1.82, 2.24) is 4.90 Å². The number of carboxylic acids is 1. The van der Waals surface area contributed by atoms with E-state index in [-0.39, 0.29) is 12.3 Å². The van der Waals surface area contributed by atoms with Crippen LogP contribution < -0.4 is 0 Å². The Kier molecular flexibility index (Phi) is 5.40. The van der Waals surface area contributed by atoms with Gasteiger partial charge < -0.3 is 10.0 Å². The van der Waals surface area contributed by atoms with Gasteiger partial charge in [0.05, 0.1) is 5.41 Å². The Labute approximate surface area is 151 Å². The summed E-state index contributed by atoms with van der Waals surface area (Å²) in [6.07, 6.45) is 4.24. The van der Waals surface area contributed by atoms with Crippen LogP contribution in [-0.4, -0.2) is 40.2 Å². The second-order valence-electron chi connectivity index (χ2n) is 6.77. The molecule has 1 aromatic rings. The number of nitrogens with zero attached hydrogens (tertiary/aromatic N) is 1. The number of piperidine rings is 1. The van der Waals surface area contributed by atoms with E-state index in [4.69, 9.17) is 11.6 Å². The van der Waals surface area contributed by atoms with Crippen LogP contribution in [0.25, 0.3) is 0 Å². The van der Waals surface area contributed by atoms with Crippen molar-refractivity contribution in [2.45, 2.75) is 48.7 Å².